The lowest BCUT2D eigenvalue weighted by molar-refractivity contribution is -0.111. The zero-order valence-electron chi connectivity index (χ0n) is 28.0. The molecule has 0 bridgehead atoms. The predicted molar refractivity (Wildman–Crippen MR) is 187 cm³/mol. The molecule has 0 saturated heterocycles. The Kier molecular flexibility index (Phi) is 11.6. The van der Waals surface area contributed by atoms with Crippen LogP contribution < -0.4 is 20.3 Å². The van der Waals surface area contributed by atoms with Crippen LogP contribution in [0.2, 0.25) is 0 Å². The Balaban J connectivity index is 1.61. The molecule has 0 fully saturated rings. The zero-order chi connectivity index (χ0) is 32.5. The third kappa shape index (κ3) is 9.06. The second kappa shape index (κ2) is 15.5. The van der Waals surface area contributed by atoms with Gasteiger partial charge in [0, 0.05) is 74.7 Å². The van der Waals surface area contributed by atoms with Gasteiger partial charge >= 0.3 is 0 Å². The van der Waals surface area contributed by atoms with Crippen LogP contribution in [0.1, 0.15) is 20.3 Å². The predicted octanol–water partition coefficient (Wildman–Crippen LogP) is 5.86. The van der Waals surface area contributed by atoms with Gasteiger partial charge in [-0.3, -0.25) is 4.79 Å². The lowest BCUT2D eigenvalue weighted by Gasteiger charge is -2.26. The van der Waals surface area contributed by atoms with Gasteiger partial charge in [-0.05, 0) is 58.2 Å². The van der Waals surface area contributed by atoms with Gasteiger partial charge in [-0.2, -0.15) is 0 Å². The maximum Gasteiger partial charge on any atom is 0.248 e. The molecule has 0 aliphatic carbocycles. The van der Waals surface area contributed by atoms with Crippen molar-refractivity contribution in [1.29, 1.82) is 0 Å². The van der Waals surface area contributed by atoms with E-state index in [1.54, 1.807) is 19.4 Å². The highest BCUT2D eigenvalue weighted by Gasteiger charge is 2.17. The van der Waals surface area contributed by atoms with Crippen LogP contribution in [0.3, 0.4) is 0 Å². The number of methoxy groups -OCH3 is 1. The summed E-state index contributed by atoms with van der Waals surface area (Å²) in [7, 11) is 11.8. The standard InChI is InChI=1S/C35H48N8O2/c1-25(2)16-19-41(5)18-11-14-34(44)37-29-22-30(33(45-8)23-32(29)42(6)21-20-40(3)4)39-35-36-17-15-28(38-35)27-24-43(7)31-13-10-9-12-26(27)31/h9-15,17,22-25H,16,18-21H2,1-8H3,(H,37,44)(H,36,38,39)/b14-11+. The number of amides is 1. The van der Waals surface area contributed by atoms with Gasteiger partial charge in [0.1, 0.15) is 5.75 Å². The number of hydrogen-bond donors (Lipinski definition) is 2. The molecule has 240 valence electrons. The van der Waals surface area contributed by atoms with Crippen molar-refractivity contribution in [3.8, 4) is 17.0 Å². The van der Waals surface area contributed by atoms with E-state index >= 15 is 0 Å². The van der Waals surface area contributed by atoms with Crippen molar-refractivity contribution in [3.63, 3.8) is 0 Å². The van der Waals surface area contributed by atoms with E-state index in [2.05, 4.69) is 74.1 Å². The monoisotopic (exact) mass is 612 g/mol. The Morgan fingerprint density at radius 1 is 1.04 bits per heavy atom. The first-order valence-electron chi connectivity index (χ1n) is 15.4. The second-order valence-electron chi connectivity index (χ2n) is 12.2. The molecule has 2 aromatic carbocycles. The summed E-state index contributed by atoms with van der Waals surface area (Å²) in [5, 5.41) is 7.57. The quantitative estimate of drug-likeness (QED) is 0.162. The number of benzene rings is 2. The Labute approximate surface area is 267 Å². The van der Waals surface area contributed by atoms with E-state index in [1.165, 1.54) is 0 Å². The van der Waals surface area contributed by atoms with E-state index in [1.807, 2.05) is 64.6 Å². The largest absolute Gasteiger partial charge is 0.494 e. The van der Waals surface area contributed by atoms with Gasteiger partial charge < -0.3 is 34.6 Å². The molecule has 0 aliphatic rings. The first-order valence-corrected chi connectivity index (χ1v) is 15.4. The lowest BCUT2D eigenvalue weighted by atomic mass is 10.1. The first kappa shape index (κ1) is 33.5. The molecule has 45 heavy (non-hydrogen) atoms. The first-order chi connectivity index (χ1) is 21.5. The van der Waals surface area contributed by atoms with Crippen LogP contribution in [0, 0.1) is 5.92 Å². The molecule has 10 nitrogen and oxygen atoms in total. The number of nitrogens with zero attached hydrogens (tertiary/aromatic N) is 6. The molecule has 1 amide bonds. The van der Waals surface area contributed by atoms with E-state index < -0.39 is 0 Å². The Morgan fingerprint density at radius 2 is 1.82 bits per heavy atom. The molecule has 0 atom stereocenters. The van der Waals surface area contributed by atoms with Gasteiger partial charge in [-0.15, -0.1) is 0 Å². The summed E-state index contributed by atoms with van der Waals surface area (Å²) in [6.07, 6.45) is 8.45. The number of para-hydroxylation sites is 1. The number of anilines is 4. The van der Waals surface area contributed by atoms with Crippen molar-refractivity contribution in [3.05, 3.63) is 67.0 Å². The molecule has 2 N–H and O–H groups in total. The summed E-state index contributed by atoms with van der Waals surface area (Å²) in [6, 6.07) is 14.0. The smallest absolute Gasteiger partial charge is 0.248 e. The fourth-order valence-corrected chi connectivity index (χ4v) is 5.04. The van der Waals surface area contributed by atoms with Gasteiger partial charge in [0.05, 0.1) is 29.9 Å². The maximum atomic E-state index is 13.1. The van der Waals surface area contributed by atoms with E-state index in [4.69, 9.17) is 9.72 Å². The van der Waals surface area contributed by atoms with Crippen LogP contribution in [-0.2, 0) is 11.8 Å². The highest BCUT2D eigenvalue weighted by atomic mass is 16.5. The van der Waals surface area contributed by atoms with Gasteiger partial charge in [0.25, 0.3) is 0 Å². The molecule has 0 spiro atoms. The molecule has 4 aromatic rings. The van der Waals surface area contributed by atoms with Gasteiger partial charge in [0.15, 0.2) is 0 Å². The minimum absolute atomic E-state index is 0.195. The third-order valence-electron chi connectivity index (χ3n) is 7.72. The van der Waals surface area contributed by atoms with Crippen molar-refractivity contribution in [1.82, 2.24) is 24.3 Å². The van der Waals surface area contributed by atoms with Crippen molar-refractivity contribution >= 4 is 39.8 Å². The average Bonchev–Trinajstić information content (AvgIpc) is 3.35. The molecular formula is C35H48N8O2. The number of carbonyl (C=O) groups is 1. The number of fused-ring (bicyclic) bond motifs is 1. The topological polar surface area (TPSA) is 90.8 Å². The third-order valence-corrected chi connectivity index (χ3v) is 7.72. The number of likely N-dealkylation sites (N-methyl/N-ethyl adjacent to an activating group) is 3. The highest BCUT2D eigenvalue weighted by molar-refractivity contribution is 6.02. The molecule has 0 aliphatic heterocycles. The molecule has 2 heterocycles. The number of nitrogens with one attached hydrogen (secondary N) is 2. The summed E-state index contributed by atoms with van der Waals surface area (Å²) in [4.78, 5) is 28.9. The second-order valence-corrected chi connectivity index (χ2v) is 12.2. The van der Waals surface area contributed by atoms with Crippen molar-refractivity contribution in [2.45, 2.75) is 20.3 Å². The molecule has 2 aromatic heterocycles. The van der Waals surface area contributed by atoms with Crippen molar-refractivity contribution in [2.24, 2.45) is 13.0 Å². The lowest BCUT2D eigenvalue weighted by Crippen LogP contribution is -2.29. The number of rotatable bonds is 15. The van der Waals surface area contributed by atoms with Crippen molar-refractivity contribution < 1.29 is 9.53 Å². The minimum atomic E-state index is -0.195. The van der Waals surface area contributed by atoms with Gasteiger partial charge in [0.2, 0.25) is 11.9 Å². The summed E-state index contributed by atoms with van der Waals surface area (Å²) >= 11 is 0. The van der Waals surface area contributed by atoms with Crippen LogP contribution in [0.25, 0.3) is 22.2 Å². The zero-order valence-corrected chi connectivity index (χ0v) is 28.0. The van der Waals surface area contributed by atoms with Crippen LogP contribution in [0.15, 0.2) is 67.0 Å². The Bertz CT molecular complexity index is 1610. The van der Waals surface area contributed by atoms with E-state index in [-0.39, 0.29) is 5.91 Å². The molecule has 10 heteroatoms. The van der Waals surface area contributed by atoms with Gasteiger partial charge in [-0.25, -0.2) is 9.97 Å². The summed E-state index contributed by atoms with van der Waals surface area (Å²) in [5.74, 6) is 1.49. The fraction of sp³-hybridized carbons (Fsp3) is 0.400. The van der Waals surface area contributed by atoms with E-state index in [0.717, 1.165) is 53.9 Å². The number of aryl methyl sites for hydroxylation is 1. The van der Waals surface area contributed by atoms with Gasteiger partial charge in [-0.1, -0.05) is 38.1 Å². The summed E-state index contributed by atoms with van der Waals surface area (Å²) in [6.45, 7) is 7.74. The maximum absolute atomic E-state index is 13.1. The SMILES string of the molecule is COc1cc(N(C)CCN(C)C)c(NC(=O)/C=C/CN(C)CCC(C)C)cc1Nc1nccc(-c2cn(C)c3ccccc23)n1. The van der Waals surface area contributed by atoms with Crippen LogP contribution in [0.4, 0.5) is 23.0 Å². The normalized spacial score (nSPS) is 11.7. The van der Waals surface area contributed by atoms with Crippen LogP contribution in [0.5, 0.6) is 5.75 Å². The molecular weight excluding hydrogens is 564 g/mol. The number of ether oxygens (including phenoxy) is 1. The van der Waals surface area contributed by atoms with Crippen LogP contribution in [-0.4, -0.2) is 91.7 Å². The Hall–Kier alpha value is -4.41. The molecule has 0 saturated carbocycles. The highest BCUT2D eigenvalue weighted by Crippen LogP contribution is 2.38. The van der Waals surface area contributed by atoms with E-state index in [9.17, 15) is 4.79 Å². The number of carbonyl (C=O) groups excluding carboxylic acids is 1. The molecule has 4 rings (SSSR count). The van der Waals surface area contributed by atoms with E-state index in [0.29, 0.717) is 35.5 Å². The minimum Gasteiger partial charge on any atom is -0.494 e. The average molecular weight is 613 g/mol. The molecule has 0 radical (unpaired) electrons. The fourth-order valence-electron chi connectivity index (χ4n) is 5.04. The summed E-state index contributed by atoms with van der Waals surface area (Å²) < 4.78 is 7.91. The van der Waals surface area contributed by atoms with Crippen molar-refractivity contribution in [2.75, 3.05) is 77.0 Å². The Morgan fingerprint density at radius 3 is 2.56 bits per heavy atom. The van der Waals surface area contributed by atoms with Crippen LogP contribution >= 0.6 is 0 Å². The molecule has 0 unspecified atom stereocenters. The summed E-state index contributed by atoms with van der Waals surface area (Å²) in [5.41, 5.74) is 5.12. The number of aromatic nitrogens is 3. The number of hydrogen-bond acceptors (Lipinski definition) is 8.